The van der Waals surface area contributed by atoms with Gasteiger partial charge >= 0.3 is 0 Å². The summed E-state index contributed by atoms with van der Waals surface area (Å²) in [5.41, 5.74) is 1.21. The smallest absolute Gasteiger partial charge is 0.194 e. The number of Topliss-reactive ketones (excluding diaryl/α,β-unsaturated/α-hetero) is 2. The monoisotopic (exact) mass is 589 g/mol. The molecule has 1 unspecified atom stereocenters. The normalized spacial score (nSPS) is 19.4. The summed E-state index contributed by atoms with van der Waals surface area (Å²) in [6.45, 7) is 18.9. The van der Waals surface area contributed by atoms with E-state index in [1.165, 1.54) is 19.9 Å². The van der Waals surface area contributed by atoms with Crippen LogP contribution in [0.15, 0.2) is 35.2 Å². The average molecular weight is 590 g/mol. The van der Waals surface area contributed by atoms with Crippen molar-refractivity contribution in [3.63, 3.8) is 0 Å². The number of carbonyl (C=O) groups excluding carboxylic acids is 3. The Balaban J connectivity index is 1.62. The van der Waals surface area contributed by atoms with Crippen LogP contribution in [-0.4, -0.2) is 39.2 Å². The topological polar surface area (TPSA) is 133 Å². The molecule has 2 aromatic rings. The number of nitrogens with one attached hydrogen (secondary N) is 1. The Morgan fingerprint density at radius 3 is 2.00 bits per heavy atom. The van der Waals surface area contributed by atoms with E-state index in [0.717, 1.165) is 23.1 Å². The Labute approximate surface area is 253 Å². The minimum Gasteiger partial charge on any atom is -0.507 e. The van der Waals surface area contributed by atoms with Gasteiger partial charge in [-0.1, -0.05) is 53.7 Å². The van der Waals surface area contributed by atoms with Gasteiger partial charge in [0.2, 0.25) is 0 Å². The number of aromatic hydroxyl groups is 3. The van der Waals surface area contributed by atoms with E-state index in [0.29, 0.717) is 24.4 Å². The summed E-state index contributed by atoms with van der Waals surface area (Å²) in [4.78, 5) is 39.6. The van der Waals surface area contributed by atoms with Crippen LogP contribution in [0.5, 0.6) is 23.0 Å². The maximum atomic E-state index is 14.0. The number of ether oxygens (including phenoxy) is 1. The summed E-state index contributed by atoms with van der Waals surface area (Å²) in [6, 6.07) is 4.10. The van der Waals surface area contributed by atoms with Crippen LogP contribution in [0.4, 0.5) is 0 Å². The van der Waals surface area contributed by atoms with E-state index in [-0.39, 0.29) is 50.4 Å². The van der Waals surface area contributed by atoms with E-state index in [1.807, 2.05) is 0 Å². The molecule has 0 radical (unpaired) electrons. The number of ketones is 3. The van der Waals surface area contributed by atoms with E-state index in [9.17, 15) is 29.7 Å². The highest BCUT2D eigenvalue weighted by Gasteiger charge is 2.56. The van der Waals surface area contributed by atoms with Crippen LogP contribution in [0.1, 0.15) is 107 Å². The van der Waals surface area contributed by atoms with Crippen molar-refractivity contribution >= 4 is 17.3 Å². The van der Waals surface area contributed by atoms with Gasteiger partial charge in [0, 0.05) is 23.9 Å². The zero-order chi connectivity index (χ0) is 32.4. The first-order valence-electron chi connectivity index (χ1n) is 14.6. The summed E-state index contributed by atoms with van der Waals surface area (Å²) in [6.07, 6.45) is 2.64. The summed E-state index contributed by atoms with van der Waals surface area (Å²) >= 11 is 0. The molecular weight excluding hydrogens is 546 g/mol. The summed E-state index contributed by atoms with van der Waals surface area (Å²) in [5.74, 6) is -2.13. The zero-order valence-corrected chi connectivity index (χ0v) is 26.8. The molecule has 2 aromatic carbocycles. The van der Waals surface area contributed by atoms with Gasteiger partial charge in [-0.25, -0.2) is 0 Å². The van der Waals surface area contributed by atoms with Crippen LogP contribution < -0.4 is 10.1 Å². The van der Waals surface area contributed by atoms with Gasteiger partial charge in [-0.2, -0.15) is 0 Å². The van der Waals surface area contributed by atoms with Crippen molar-refractivity contribution in [2.75, 3.05) is 6.54 Å². The summed E-state index contributed by atoms with van der Waals surface area (Å²) in [5, 5.41) is 35.8. The number of phenols is 3. The van der Waals surface area contributed by atoms with E-state index in [4.69, 9.17) is 4.74 Å². The molecule has 43 heavy (non-hydrogen) atoms. The molecule has 4 rings (SSSR count). The Hall–Kier alpha value is -4.07. The van der Waals surface area contributed by atoms with Crippen LogP contribution >= 0.6 is 0 Å². The van der Waals surface area contributed by atoms with Crippen molar-refractivity contribution in [3.05, 3.63) is 68.6 Å². The fourth-order valence-electron chi connectivity index (χ4n) is 6.00. The molecule has 8 nitrogen and oxygen atoms in total. The Morgan fingerprint density at radius 1 is 0.930 bits per heavy atom. The Kier molecular flexibility index (Phi) is 7.84. The van der Waals surface area contributed by atoms with Crippen molar-refractivity contribution in [2.45, 2.75) is 98.3 Å². The fourth-order valence-corrected chi connectivity index (χ4v) is 6.00. The predicted molar refractivity (Wildman–Crippen MR) is 165 cm³/mol. The average Bonchev–Trinajstić information content (AvgIpc) is 3.17. The fraction of sp³-hybridized carbons (Fsp3) is 0.457. The van der Waals surface area contributed by atoms with Crippen LogP contribution in [0.3, 0.4) is 0 Å². The summed E-state index contributed by atoms with van der Waals surface area (Å²) in [7, 11) is 0. The van der Waals surface area contributed by atoms with Gasteiger partial charge in [0.25, 0.3) is 0 Å². The van der Waals surface area contributed by atoms with E-state index >= 15 is 0 Å². The third-order valence-electron chi connectivity index (χ3n) is 8.58. The van der Waals surface area contributed by atoms with Gasteiger partial charge in [0.1, 0.15) is 39.7 Å². The molecule has 1 heterocycles. The second-order valence-electron chi connectivity index (χ2n) is 14.0. The van der Waals surface area contributed by atoms with Gasteiger partial charge in [-0.3, -0.25) is 14.4 Å². The second kappa shape index (κ2) is 10.6. The molecule has 0 saturated heterocycles. The molecule has 8 heteroatoms. The van der Waals surface area contributed by atoms with Gasteiger partial charge in [-0.05, 0) is 68.1 Å². The molecule has 1 aliphatic heterocycles. The Bertz CT molecular complexity index is 1590. The maximum Gasteiger partial charge on any atom is 0.194 e. The molecule has 1 atom stereocenters. The minimum absolute atomic E-state index is 0.00786. The van der Waals surface area contributed by atoms with Crippen molar-refractivity contribution in [1.29, 1.82) is 0 Å². The Morgan fingerprint density at radius 2 is 1.49 bits per heavy atom. The highest BCUT2D eigenvalue weighted by molar-refractivity contribution is 6.31. The van der Waals surface area contributed by atoms with Crippen molar-refractivity contribution in [2.24, 2.45) is 0 Å². The number of fused-ring (bicyclic) bond motifs is 3. The zero-order valence-electron chi connectivity index (χ0n) is 26.8. The molecule has 1 aliphatic carbocycles. The molecule has 0 spiro atoms. The molecule has 0 aromatic heterocycles. The molecular formula is C35H43NO7. The van der Waals surface area contributed by atoms with Crippen molar-refractivity contribution < 1.29 is 34.4 Å². The standard InChI is InChI=1S/C35H43NO7/c1-17-28(39)26(19(3)37)31-27(29(17)40)35(10)24(43-31)16-23(38)25(32(35)42)18(2)36-13-11-12-20-14-21(33(4,5)6)30(41)22(15-20)34(7,8)9/h14-16,36,39-41H,11-13H2,1-10H3/b25-18+. The quantitative estimate of drug-likeness (QED) is 0.138. The second-order valence-corrected chi connectivity index (χ2v) is 14.0. The lowest BCUT2D eigenvalue weighted by molar-refractivity contribution is -0.123. The third-order valence-corrected chi connectivity index (χ3v) is 8.58. The lowest BCUT2D eigenvalue weighted by atomic mass is 9.70. The van der Waals surface area contributed by atoms with Crippen LogP contribution in [0, 0.1) is 6.92 Å². The van der Waals surface area contributed by atoms with Gasteiger partial charge < -0.3 is 25.4 Å². The SMILES string of the molecule is CC(=O)c1c(O)c(C)c(O)c2c1OC1=CC(=O)/C(=C(/C)NCCCc3cc(C(C)(C)C)c(O)c(C(C)(C)C)c3)C(=O)C12C. The number of rotatable bonds is 6. The molecule has 4 N–H and O–H groups in total. The molecule has 2 aliphatic rings. The minimum atomic E-state index is -1.55. The largest absolute Gasteiger partial charge is 0.507 e. The number of carbonyl (C=O) groups is 3. The van der Waals surface area contributed by atoms with E-state index < -0.39 is 28.5 Å². The van der Waals surface area contributed by atoms with E-state index in [2.05, 4.69) is 59.0 Å². The first-order valence-corrected chi connectivity index (χ1v) is 14.6. The molecule has 230 valence electrons. The first-order chi connectivity index (χ1) is 19.7. The highest BCUT2D eigenvalue weighted by Crippen LogP contribution is 2.57. The number of hydrogen-bond donors (Lipinski definition) is 4. The number of aryl methyl sites for hydroxylation is 1. The lowest BCUT2D eigenvalue weighted by Crippen LogP contribution is -2.41. The molecule has 0 saturated carbocycles. The number of hydrogen-bond acceptors (Lipinski definition) is 8. The number of phenolic OH excluding ortho intramolecular Hbond substituents is 3. The maximum absolute atomic E-state index is 14.0. The van der Waals surface area contributed by atoms with Crippen LogP contribution in [-0.2, 0) is 32.3 Å². The molecule has 0 amide bonds. The van der Waals surface area contributed by atoms with Crippen molar-refractivity contribution in [1.82, 2.24) is 5.32 Å². The lowest BCUT2D eigenvalue weighted by Gasteiger charge is -2.29. The molecule has 0 bridgehead atoms. The van der Waals surface area contributed by atoms with Crippen LogP contribution in [0.25, 0.3) is 0 Å². The first kappa shape index (κ1) is 31.9. The van der Waals surface area contributed by atoms with Crippen molar-refractivity contribution in [3.8, 4) is 23.0 Å². The number of benzene rings is 2. The number of allylic oxidation sites excluding steroid dienone is 4. The molecule has 0 fully saturated rings. The van der Waals surface area contributed by atoms with E-state index in [1.54, 1.807) is 13.8 Å². The van der Waals surface area contributed by atoms with Gasteiger partial charge in [0.15, 0.2) is 17.3 Å². The predicted octanol–water partition coefficient (Wildman–Crippen LogP) is 6.09. The van der Waals surface area contributed by atoms with Crippen LogP contribution in [0.2, 0.25) is 0 Å². The van der Waals surface area contributed by atoms with Gasteiger partial charge in [-0.15, -0.1) is 0 Å². The highest BCUT2D eigenvalue weighted by atomic mass is 16.5. The van der Waals surface area contributed by atoms with Gasteiger partial charge in [0.05, 0.1) is 11.1 Å². The third kappa shape index (κ3) is 5.21. The summed E-state index contributed by atoms with van der Waals surface area (Å²) < 4.78 is 5.83.